The molecule has 5 heteroatoms. The maximum atomic E-state index is 12.7. The molecule has 0 aliphatic carbocycles. The standard InChI is InChI=1S/C16H21NO4/c1-11(18)9-12-5-4-8-17(12)16(19)14-7-6-13(20-2)10-15(14)21-3/h6-7,10,12H,4-5,8-9H2,1-3H3. The molecule has 1 saturated heterocycles. The highest BCUT2D eigenvalue weighted by molar-refractivity contribution is 5.97. The van der Waals surface area contributed by atoms with Crippen LogP contribution in [0, 0.1) is 0 Å². The third-order valence-electron chi connectivity index (χ3n) is 3.80. The molecule has 1 unspecified atom stereocenters. The van der Waals surface area contributed by atoms with Crippen LogP contribution in [0.2, 0.25) is 0 Å². The fourth-order valence-electron chi connectivity index (χ4n) is 2.78. The molecule has 1 fully saturated rings. The lowest BCUT2D eigenvalue weighted by atomic mass is 10.1. The number of rotatable bonds is 5. The van der Waals surface area contributed by atoms with Crippen LogP contribution in [0.3, 0.4) is 0 Å². The number of methoxy groups -OCH3 is 2. The van der Waals surface area contributed by atoms with Crippen LogP contribution < -0.4 is 9.47 Å². The van der Waals surface area contributed by atoms with Crippen LogP contribution in [0.15, 0.2) is 18.2 Å². The molecule has 5 nitrogen and oxygen atoms in total. The first-order valence-corrected chi connectivity index (χ1v) is 7.09. The van der Waals surface area contributed by atoms with E-state index in [2.05, 4.69) is 0 Å². The van der Waals surface area contributed by atoms with Gasteiger partial charge >= 0.3 is 0 Å². The summed E-state index contributed by atoms with van der Waals surface area (Å²) in [7, 11) is 3.10. The average Bonchev–Trinajstić information content (AvgIpc) is 2.93. The van der Waals surface area contributed by atoms with Crippen LogP contribution in [0.4, 0.5) is 0 Å². The van der Waals surface area contributed by atoms with Crippen molar-refractivity contribution < 1.29 is 19.1 Å². The Morgan fingerprint density at radius 2 is 2.05 bits per heavy atom. The molecule has 1 heterocycles. The minimum absolute atomic E-state index is 0.00167. The van der Waals surface area contributed by atoms with E-state index in [1.807, 2.05) is 0 Å². The van der Waals surface area contributed by atoms with Crippen LogP contribution in [0.5, 0.6) is 11.5 Å². The lowest BCUT2D eigenvalue weighted by molar-refractivity contribution is -0.117. The molecule has 1 aromatic rings. The van der Waals surface area contributed by atoms with Gasteiger partial charge < -0.3 is 14.4 Å². The predicted molar refractivity (Wildman–Crippen MR) is 78.9 cm³/mol. The molecule has 0 saturated carbocycles. The predicted octanol–water partition coefficient (Wildman–Crippen LogP) is 2.29. The van der Waals surface area contributed by atoms with Crippen molar-refractivity contribution in [3.63, 3.8) is 0 Å². The van der Waals surface area contributed by atoms with E-state index in [-0.39, 0.29) is 17.7 Å². The van der Waals surface area contributed by atoms with Crippen LogP contribution in [-0.2, 0) is 4.79 Å². The zero-order valence-corrected chi connectivity index (χ0v) is 12.7. The van der Waals surface area contributed by atoms with Gasteiger partial charge in [-0.3, -0.25) is 9.59 Å². The highest BCUT2D eigenvalue weighted by Gasteiger charge is 2.31. The molecular formula is C16H21NO4. The van der Waals surface area contributed by atoms with Crippen LogP contribution >= 0.6 is 0 Å². The fraction of sp³-hybridized carbons (Fsp3) is 0.500. The van der Waals surface area contributed by atoms with Crippen molar-refractivity contribution in [1.29, 1.82) is 0 Å². The van der Waals surface area contributed by atoms with Crippen LogP contribution in [-0.4, -0.2) is 43.4 Å². The molecule has 114 valence electrons. The van der Waals surface area contributed by atoms with E-state index in [4.69, 9.17) is 9.47 Å². The van der Waals surface area contributed by atoms with Gasteiger partial charge in [0.1, 0.15) is 17.3 Å². The summed E-state index contributed by atoms with van der Waals surface area (Å²) in [5.41, 5.74) is 0.508. The maximum absolute atomic E-state index is 12.7. The molecule has 2 rings (SSSR count). The first kappa shape index (κ1) is 15.4. The summed E-state index contributed by atoms with van der Waals surface area (Å²) in [6.45, 7) is 2.25. The minimum Gasteiger partial charge on any atom is -0.497 e. The normalized spacial score (nSPS) is 17.7. The van der Waals surface area contributed by atoms with Gasteiger partial charge in [-0.25, -0.2) is 0 Å². The molecule has 0 N–H and O–H groups in total. The van der Waals surface area contributed by atoms with E-state index in [1.165, 1.54) is 7.11 Å². The molecule has 0 radical (unpaired) electrons. The summed E-state index contributed by atoms with van der Waals surface area (Å²) in [6, 6.07) is 5.15. The van der Waals surface area contributed by atoms with Crippen LogP contribution in [0.1, 0.15) is 36.5 Å². The Morgan fingerprint density at radius 1 is 1.29 bits per heavy atom. The molecular weight excluding hydrogens is 270 g/mol. The molecule has 1 amide bonds. The minimum atomic E-state index is -0.0850. The van der Waals surface area contributed by atoms with Gasteiger partial charge in [0.15, 0.2) is 0 Å². The molecule has 1 aliphatic rings. The van der Waals surface area contributed by atoms with Gasteiger partial charge in [-0.05, 0) is 31.9 Å². The monoisotopic (exact) mass is 291 g/mol. The summed E-state index contributed by atoms with van der Waals surface area (Å²) in [5, 5.41) is 0. The smallest absolute Gasteiger partial charge is 0.257 e. The van der Waals surface area contributed by atoms with Crippen molar-refractivity contribution in [2.75, 3.05) is 20.8 Å². The molecule has 1 aliphatic heterocycles. The zero-order chi connectivity index (χ0) is 15.4. The Hall–Kier alpha value is -2.04. The fourth-order valence-corrected chi connectivity index (χ4v) is 2.78. The van der Waals surface area contributed by atoms with Crippen molar-refractivity contribution in [2.24, 2.45) is 0 Å². The lowest BCUT2D eigenvalue weighted by Gasteiger charge is -2.25. The van der Waals surface area contributed by atoms with Crippen LogP contribution in [0.25, 0.3) is 0 Å². The number of nitrogens with zero attached hydrogens (tertiary/aromatic N) is 1. The van der Waals surface area contributed by atoms with Crippen molar-refractivity contribution in [3.8, 4) is 11.5 Å². The molecule has 1 aromatic carbocycles. The van der Waals surface area contributed by atoms with Gasteiger partial charge in [0, 0.05) is 25.1 Å². The van der Waals surface area contributed by atoms with Gasteiger partial charge in [-0.15, -0.1) is 0 Å². The number of carbonyl (C=O) groups is 2. The first-order valence-electron chi connectivity index (χ1n) is 7.09. The highest BCUT2D eigenvalue weighted by Crippen LogP contribution is 2.29. The Bertz CT molecular complexity index is 541. The number of Topliss-reactive ketones (excluding diaryl/α,β-unsaturated/α-hetero) is 1. The second kappa shape index (κ2) is 6.61. The zero-order valence-electron chi connectivity index (χ0n) is 12.7. The molecule has 0 aromatic heterocycles. The molecule has 0 bridgehead atoms. The summed E-state index contributed by atoms with van der Waals surface area (Å²) in [6.07, 6.45) is 2.23. The number of hydrogen-bond donors (Lipinski definition) is 0. The topological polar surface area (TPSA) is 55.8 Å². The molecule has 0 spiro atoms. The Balaban J connectivity index is 2.24. The first-order chi connectivity index (χ1) is 10.1. The Morgan fingerprint density at radius 3 is 2.67 bits per heavy atom. The van der Waals surface area contributed by atoms with E-state index >= 15 is 0 Å². The number of benzene rings is 1. The van der Waals surface area contributed by atoms with E-state index < -0.39 is 0 Å². The van der Waals surface area contributed by atoms with Gasteiger partial charge in [0.2, 0.25) is 0 Å². The SMILES string of the molecule is COc1ccc(C(=O)N2CCCC2CC(C)=O)c(OC)c1. The number of hydrogen-bond acceptors (Lipinski definition) is 4. The number of likely N-dealkylation sites (tertiary alicyclic amines) is 1. The van der Waals surface area contributed by atoms with Crippen molar-refractivity contribution in [1.82, 2.24) is 4.90 Å². The van der Waals surface area contributed by atoms with Gasteiger partial charge in [-0.2, -0.15) is 0 Å². The second-order valence-corrected chi connectivity index (χ2v) is 5.27. The Labute approximate surface area is 124 Å². The number of carbonyl (C=O) groups excluding carboxylic acids is 2. The highest BCUT2D eigenvalue weighted by atomic mass is 16.5. The van der Waals surface area contributed by atoms with E-state index in [1.54, 1.807) is 37.1 Å². The third kappa shape index (κ3) is 3.35. The summed E-state index contributed by atoms with van der Waals surface area (Å²) in [4.78, 5) is 25.8. The largest absolute Gasteiger partial charge is 0.497 e. The average molecular weight is 291 g/mol. The van der Waals surface area contributed by atoms with E-state index in [0.717, 1.165) is 12.8 Å². The maximum Gasteiger partial charge on any atom is 0.257 e. The molecule has 21 heavy (non-hydrogen) atoms. The second-order valence-electron chi connectivity index (χ2n) is 5.27. The lowest BCUT2D eigenvalue weighted by Crippen LogP contribution is -2.36. The number of ketones is 1. The van der Waals surface area contributed by atoms with E-state index in [0.29, 0.717) is 30.0 Å². The quantitative estimate of drug-likeness (QED) is 0.835. The van der Waals surface area contributed by atoms with Gasteiger partial charge in [0.05, 0.1) is 19.8 Å². The van der Waals surface area contributed by atoms with Crippen molar-refractivity contribution in [2.45, 2.75) is 32.2 Å². The van der Waals surface area contributed by atoms with E-state index in [9.17, 15) is 9.59 Å². The number of ether oxygens (including phenoxy) is 2. The summed E-state index contributed by atoms with van der Waals surface area (Å²) < 4.78 is 10.4. The Kier molecular flexibility index (Phi) is 4.83. The van der Waals surface area contributed by atoms with Gasteiger partial charge in [-0.1, -0.05) is 0 Å². The van der Waals surface area contributed by atoms with Gasteiger partial charge in [0.25, 0.3) is 5.91 Å². The third-order valence-corrected chi connectivity index (χ3v) is 3.80. The summed E-state index contributed by atoms with van der Waals surface area (Å²) in [5.74, 6) is 1.16. The number of amides is 1. The molecule has 1 atom stereocenters. The van der Waals surface area contributed by atoms with Crippen molar-refractivity contribution in [3.05, 3.63) is 23.8 Å². The van der Waals surface area contributed by atoms with Crippen molar-refractivity contribution >= 4 is 11.7 Å². The summed E-state index contributed by atoms with van der Waals surface area (Å²) >= 11 is 0.